The van der Waals surface area contributed by atoms with Gasteiger partial charge < -0.3 is 21.9 Å². The van der Waals surface area contributed by atoms with Gasteiger partial charge in [0.2, 0.25) is 0 Å². The number of nitrogens with two attached hydrogens (primary N) is 2. The number of carbonyl (C=O) groups is 1. The van der Waals surface area contributed by atoms with E-state index in [0.717, 1.165) is 25.7 Å². The molecule has 1 aromatic rings. The standard InChI is InChI=1S/C13H19N3O2/c14-8-1-6-11(12(15)7-8)13(18)16-9-2-4-10(17)5-3-9/h1,6-7,9-10,17H,2-5,14-15H2,(H,16,18). The molecule has 0 saturated heterocycles. The van der Waals surface area contributed by atoms with Crippen LogP contribution in [0.25, 0.3) is 0 Å². The Morgan fingerprint density at radius 1 is 1.22 bits per heavy atom. The highest BCUT2D eigenvalue weighted by molar-refractivity contribution is 5.99. The Kier molecular flexibility index (Phi) is 3.72. The molecule has 0 radical (unpaired) electrons. The summed E-state index contributed by atoms with van der Waals surface area (Å²) in [4.78, 5) is 12.0. The van der Waals surface area contributed by atoms with Crippen LogP contribution in [0.1, 0.15) is 36.0 Å². The Balaban J connectivity index is 1.99. The molecule has 0 heterocycles. The molecule has 0 aliphatic heterocycles. The summed E-state index contributed by atoms with van der Waals surface area (Å²) < 4.78 is 0. The van der Waals surface area contributed by atoms with E-state index in [1.807, 2.05) is 0 Å². The quantitative estimate of drug-likeness (QED) is 0.584. The van der Waals surface area contributed by atoms with Gasteiger partial charge in [-0.05, 0) is 43.9 Å². The molecule has 0 unspecified atom stereocenters. The monoisotopic (exact) mass is 249 g/mol. The van der Waals surface area contributed by atoms with Crippen molar-refractivity contribution in [2.75, 3.05) is 11.5 Å². The third kappa shape index (κ3) is 2.92. The molecule has 1 fully saturated rings. The van der Waals surface area contributed by atoms with E-state index in [1.54, 1.807) is 18.2 Å². The van der Waals surface area contributed by atoms with Crippen LogP contribution in [-0.4, -0.2) is 23.2 Å². The van der Waals surface area contributed by atoms with E-state index in [1.165, 1.54) is 0 Å². The van der Waals surface area contributed by atoms with Crippen molar-refractivity contribution in [3.05, 3.63) is 23.8 Å². The molecule has 1 aliphatic rings. The summed E-state index contributed by atoms with van der Waals surface area (Å²) in [5, 5.41) is 12.4. The summed E-state index contributed by atoms with van der Waals surface area (Å²) in [6, 6.07) is 5.01. The van der Waals surface area contributed by atoms with Crippen LogP contribution >= 0.6 is 0 Å². The van der Waals surface area contributed by atoms with Gasteiger partial charge in [-0.2, -0.15) is 0 Å². The lowest BCUT2D eigenvalue weighted by Gasteiger charge is -2.26. The number of nitrogens with one attached hydrogen (secondary N) is 1. The number of aliphatic hydroxyl groups is 1. The molecule has 1 saturated carbocycles. The average molecular weight is 249 g/mol. The number of hydrogen-bond acceptors (Lipinski definition) is 4. The third-order valence-electron chi connectivity index (χ3n) is 3.35. The van der Waals surface area contributed by atoms with Crippen molar-refractivity contribution in [3.63, 3.8) is 0 Å². The first kappa shape index (κ1) is 12.7. The van der Waals surface area contributed by atoms with Crippen LogP contribution in [0, 0.1) is 0 Å². The fraction of sp³-hybridized carbons (Fsp3) is 0.462. The van der Waals surface area contributed by atoms with E-state index in [9.17, 15) is 9.90 Å². The largest absolute Gasteiger partial charge is 0.399 e. The molecule has 5 heteroatoms. The second kappa shape index (κ2) is 5.27. The average Bonchev–Trinajstić information content (AvgIpc) is 2.32. The van der Waals surface area contributed by atoms with E-state index < -0.39 is 0 Å². The maximum absolute atomic E-state index is 12.0. The molecule has 2 rings (SSSR count). The van der Waals surface area contributed by atoms with Crippen LogP contribution in [0.3, 0.4) is 0 Å². The van der Waals surface area contributed by atoms with Crippen molar-refractivity contribution < 1.29 is 9.90 Å². The lowest BCUT2D eigenvalue weighted by molar-refractivity contribution is 0.0868. The summed E-state index contributed by atoms with van der Waals surface area (Å²) in [6.07, 6.45) is 2.87. The van der Waals surface area contributed by atoms with E-state index in [0.29, 0.717) is 16.9 Å². The van der Waals surface area contributed by atoms with E-state index in [2.05, 4.69) is 5.32 Å². The molecule has 1 aliphatic carbocycles. The minimum Gasteiger partial charge on any atom is -0.399 e. The molecular formula is C13H19N3O2. The fourth-order valence-corrected chi connectivity index (χ4v) is 2.27. The third-order valence-corrected chi connectivity index (χ3v) is 3.35. The van der Waals surface area contributed by atoms with Crippen molar-refractivity contribution in [2.24, 2.45) is 0 Å². The Morgan fingerprint density at radius 3 is 2.50 bits per heavy atom. The van der Waals surface area contributed by atoms with Crippen LogP contribution in [-0.2, 0) is 0 Å². The van der Waals surface area contributed by atoms with Gasteiger partial charge in [0, 0.05) is 17.4 Å². The minimum atomic E-state index is -0.222. The van der Waals surface area contributed by atoms with Gasteiger partial charge in [0.1, 0.15) is 0 Å². The number of nitrogen functional groups attached to an aromatic ring is 2. The van der Waals surface area contributed by atoms with Crippen molar-refractivity contribution in [3.8, 4) is 0 Å². The van der Waals surface area contributed by atoms with Crippen molar-refractivity contribution in [2.45, 2.75) is 37.8 Å². The molecule has 0 spiro atoms. The Bertz CT molecular complexity index is 440. The lowest BCUT2D eigenvalue weighted by Crippen LogP contribution is -2.38. The summed E-state index contributed by atoms with van der Waals surface area (Å²) in [5.74, 6) is -0.172. The normalized spacial score (nSPS) is 23.6. The van der Waals surface area contributed by atoms with Gasteiger partial charge in [0.05, 0.1) is 11.7 Å². The van der Waals surface area contributed by atoms with Gasteiger partial charge >= 0.3 is 0 Å². The Labute approximate surface area is 106 Å². The molecule has 0 aromatic heterocycles. The Hall–Kier alpha value is -1.75. The van der Waals surface area contributed by atoms with E-state index in [-0.39, 0.29) is 18.1 Å². The number of anilines is 2. The predicted octanol–water partition coefficient (Wildman–Crippen LogP) is 0.884. The number of amides is 1. The van der Waals surface area contributed by atoms with Crippen molar-refractivity contribution >= 4 is 17.3 Å². The molecule has 0 atom stereocenters. The molecule has 5 nitrogen and oxygen atoms in total. The van der Waals surface area contributed by atoms with Gasteiger partial charge in [0.25, 0.3) is 5.91 Å². The van der Waals surface area contributed by atoms with Crippen molar-refractivity contribution in [1.82, 2.24) is 5.32 Å². The van der Waals surface area contributed by atoms with Gasteiger partial charge in [-0.3, -0.25) is 4.79 Å². The van der Waals surface area contributed by atoms with Gasteiger partial charge in [-0.25, -0.2) is 0 Å². The zero-order valence-electron chi connectivity index (χ0n) is 10.2. The predicted molar refractivity (Wildman–Crippen MR) is 71.0 cm³/mol. The number of rotatable bonds is 2. The Morgan fingerprint density at radius 2 is 1.89 bits per heavy atom. The summed E-state index contributed by atoms with van der Waals surface area (Å²) in [6.45, 7) is 0. The van der Waals surface area contributed by atoms with Crippen LogP contribution in [0.15, 0.2) is 18.2 Å². The fourth-order valence-electron chi connectivity index (χ4n) is 2.27. The van der Waals surface area contributed by atoms with Gasteiger partial charge in [0.15, 0.2) is 0 Å². The molecular weight excluding hydrogens is 230 g/mol. The van der Waals surface area contributed by atoms with E-state index >= 15 is 0 Å². The second-order valence-electron chi connectivity index (χ2n) is 4.83. The van der Waals surface area contributed by atoms with Crippen LogP contribution in [0.5, 0.6) is 0 Å². The maximum Gasteiger partial charge on any atom is 0.253 e. The first-order chi connectivity index (χ1) is 8.56. The molecule has 1 amide bonds. The van der Waals surface area contributed by atoms with Crippen LogP contribution < -0.4 is 16.8 Å². The van der Waals surface area contributed by atoms with Crippen LogP contribution in [0.4, 0.5) is 11.4 Å². The summed E-state index contributed by atoms with van der Waals surface area (Å²) in [5.41, 5.74) is 12.7. The smallest absolute Gasteiger partial charge is 0.253 e. The molecule has 1 aromatic carbocycles. The highest BCUT2D eigenvalue weighted by Crippen LogP contribution is 2.20. The number of carbonyl (C=O) groups excluding carboxylic acids is 1. The molecule has 6 N–H and O–H groups in total. The van der Waals surface area contributed by atoms with E-state index in [4.69, 9.17) is 11.5 Å². The minimum absolute atomic E-state index is 0.123. The summed E-state index contributed by atoms with van der Waals surface area (Å²) >= 11 is 0. The number of benzene rings is 1. The maximum atomic E-state index is 12.0. The second-order valence-corrected chi connectivity index (χ2v) is 4.83. The zero-order valence-corrected chi connectivity index (χ0v) is 10.2. The highest BCUT2D eigenvalue weighted by atomic mass is 16.3. The van der Waals surface area contributed by atoms with Gasteiger partial charge in [-0.15, -0.1) is 0 Å². The highest BCUT2D eigenvalue weighted by Gasteiger charge is 2.21. The number of hydrogen-bond donors (Lipinski definition) is 4. The first-order valence-corrected chi connectivity index (χ1v) is 6.20. The summed E-state index contributed by atoms with van der Waals surface area (Å²) in [7, 11) is 0. The lowest BCUT2D eigenvalue weighted by atomic mass is 9.93. The number of aliphatic hydroxyl groups excluding tert-OH is 1. The zero-order chi connectivity index (χ0) is 13.1. The topological polar surface area (TPSA) is 101 Å². The molecule has 98 valence electrons. The first-order valence-electron chi connectivity index (χ1n) is 6.20. The molecule has 18 heavy (non-hydrogen) atoms. The molecule has 0 bridgehead atoms. The van der Waals surface area contributed by atoms with Gasteiger partial charge in [-0.1, -0.05) is 0 Å². The van der Waals surface area contributed by atoms with Crippen LogP contribution in [0.2, 0.25) is 0 Å². The SMILES string of the molecule is Nc1ccc(C(=O)NC2CCC(O)CC2)c(N)c1. The van der Waals surface area contributed by atoms with Crippen molar-refractivity contribution in [1.29, 1.82) is 0 Å².